The summed E-state index contributed by atoms with van der Waals surface area (Å²) in [6.45, 7) is 9.70. The lowest BCUT2D eigenvalue weighted by Gasteiger charge is -2.01. The van der Waals surface area contributed by atoms with Gasteiger partial charge in [-0.3, -0.25) is 0 Å². The number of benzene rings is 1. The molecule has 1 aromatic carbocycles. The highest BCUT2D eigenvalue weighted by Crippen LogP contribution is 2.21. The molecule has 14 heavy (non-hydrogen) atoms. The quantitative estimate of drug-likeness (QED) is 0.639. The first-order valence-electron chi connectivity index (χ1n) is 4.83. The van der Waals surface area contributed by atoms with E-state index in [0.29, 0.717) is 0 Å². The molecule has 0 saturated heterocycles. The highest BCUT2D eigenvalue weighted by atomic mass is 35.5. The molecule has 0 aliphatic carbocycles. The van der Waals surface area contributed by atoms with Gasteiger partial charge >= 0.3 is 0 Å². The summed E-state index contributed by atoms with van der Waals surface area (Å²) in [4.78, 5) is 0. The zero-order valence-electron chi connectivity index (χ0n) is 9.05. The summed E-state index contributed by atoms with van der Waals surface area (Å²) < 4.78 is 0. The van der Waals surface area contributed by atoms with E-state index < -0.39 is 0 Å². The maximum Gasteiger partial charge on any atom is 0.0484 e. The highest BCUT2D eigenvalue weighted by molar-refractivity contribution is 6.32. The second-order valence-corrected chi connectivity index (χ2v) is 2.85. The largest absolute Gasteiger partial charge is 0.0984 e. The molecule has 0 saturated carbocycles. The van der Waals surface area contributed by atoms with Crippen molar-refractivity contribution in [2.75, 3.05) is 0 Å². The molecule has 0 aliphatic heterocycles. The lowest BCUT2D eigenvalue weighted by Crippen LogP contribution is -1.80. The van der Waals surface area contributed by atoms with Crippen LogP contribution in [0.25, 0.3) is 12.2 Å². The van der Waals surface area contributed by atoms with Gasteiger partial charge < -0.3 is 0 Å². The average molecular weight is 209 g/mol. The third kappa shape index (κ3) is 3.39. The Balaban J connectivity index is 0.000000791. The van der Waals surface area contributed by atoms with Crippen LogP contribution in [0.2, 0.25) is 5.02 Å². The van der Waals surface area contributed by atoms with Gasteiger partial charge in [-0.15, -0.1) is 0 Å². The topological polar surface area (TPSA) is 0 Å². The summed E-state index contributed by atoms with van der Waals surface area (Å²) >= 11 is 5.96. The molecule has 0 unspecified atom stereocenters. The summed E-state index contributed by atoms with van der Waals surface area (Å²) in [5.74, 6) is 0. The van der Waals surface area contributed by atoms with E-state index in [0.717, 1.165) is 16.1 Å². The third-order valence-electron chi connectivity index (χ3n) is 1.64. The molecular formula is C13H17Cl. The normalized spacial score (nSPS) is 9.43. The van der Waals surface area contributed by atoms with Crippen molar-refractivity contribution in [3.05, 3.63) is 47.0 Å². The molecule has 76 valence electrons. The summed E-state index contributed by atoms with van der Waals surface area (Å²) in [7, 11) is 0. The van der Waals surface area contributed by atoms with Crippen LogP contribution >= 0.6 is 11.6 Å². The zero-order valence-corrected chi connectivity index (χ0v) is 9.81. The fraction of sp³-hybridized carbons (Fsp3) is 0.231. The molecule has 0 aromatic heterocycles. The van der Waals surface area contributed by atoms with Crippen LogP contribution in [-0.4, -0.2) is 0 Å². The Hall–Kier alpha value is -1.01. The van der Waals surface area contributed by atoms with E-state index in [1.807, 2.05) is 51.1 Å². The van der Waals surface area contributed by atoms with Crippen LogP contribution in [0.4, 0.5) is 0 Å². The second kappa shape index (κ2) is 7.40. The van der Waals surface area contributed by atoms with Gasteiger partial charge in [0.2, 0.25) is 0 Å². The van der Waals surface area contributed by atoms with Crippen LogP contribution in [0.1, 0.15) is 31.9 Å². The van der Waals surface area contributed by atoms with Gasteiger partial charge in [0.25, 0.3) is 0 Å². The van der Waals surface area contributed by atoms with Gasteiger partial charge in [-0.1, -0.05) is 62.4 Å². The smallest absolute Gasteiger partial charge is 0.0484 e. The van der Waals surface area contributed by atoms with Crippen LogP contribution in [-0.2, 0) is 0 Å². The molecule has 0 fully saturated rings. The zero-order chi connectivity index (χ0) is 11.0. The Kier molecular flexibility index (Phi) is 6.87. The van der Waals surface area contributed by atoms with Crippen LogP contribution in [0.5, 0.6) is 0 Å². The van der Waals surface area contributed by atoms with Crippen molar-refractivity contribution in [2.45, 2.75) is 20.8 Å². The maximum absolute atomic E-state index is 5.96. The highest BCUT2D eigenvalue weighted by Gasteiger charge is 1.98. The first-order chi connectivity index (χ1) is 6.79. The van der Waals surface area contributed by atoms with E-state index in [4.69, 9.17) is 11.6 Å². The monoisotopic (exact) mass is 208 g/mol. The molecule has 0 radical (unpaired) electrons. The Morgan fingerprint density at radius 3 is 2.43 bits per heavy atom. The third-order valence-corrected chi connectivity index (χ3v) is 1.97. The van der Waals surface area contributed by atoms with Crippen LogP contribution < -0.4 is 0 Å². The van der Waals surface area contributed by atoms with E-state index >= 15 is 0 Å². The number of allylic oxidation sites excluding steroid dienone is 1. The Bertz CT molecular complexity index is 311. The van der Waals surface area contributed by atoms with Gasteiger partial charge in [-0.2, -0.15) is 0 Å². The fourth-order valence-electron chi connectivity index (χ4n) is 1.09. The minimum atomic E-state index is 0.751. The van der Waals surface area contributed by atoms with Crippen molar-refractivity contribution in [3.8, 4) is 0 Å². The van der Waals surface area contributed by atoms with E-state index in [1.54, 1.807) is 6.08 Å². The van der Waals surface area contributed by atoms with Gasteiger partial charge in [0, 0.05) is 5.02 Å². The molecular weight excluding hydrogens is 192 g/mol. The predicted molar refractivity (Wildman–Crippen MR) is 67.6 cm³/mol. The summed E-state index contributed by atoms with van der Waals surface area (Å²) in [6.07, 6.45) is 5.78. The minimum absolute atomic E-state index is 0.751. The van der Waals surface area contributed by atoms with E-state index in [-0.39, 0.29) is 0 Å². The first kappa shape index (κ1) is 13.0. The van der Waals surface area contributed by atoms with Gasteiger partial charge in [0.1, 0.15) is 0 Å². The van der Waals surface area contributed by atoms with Crippen LogP contribution in [0.3, 0.4) is 0 Å². The van der Waals surface area contributed by atoms with Crippen LogP contribution in [0.15, 0.2) is 30.9 Å². The Labute approximate surface area is 91.9 Å². The van der Waals surface area contributed by atoms with Gasteiger partial charge in [-0.25, -0.2) is 0 Å². The molecule has 0 atom stereocenters. The Morgan fingerprint density at radius 1 is 1.29 bits per heavy atom. The fourth-order valence-corrected chi connectivity index (χ4v) is 1.35. The first-order valence-corrected chi connectivity index (χ1v) is 5.21. The SMILES string of the molecule is C=Cc1c(Cl)cccc1/C=C\C.CC. The van der Waals surface area contributed by atoms with Crippen LogP contribution in [0, 0.1) is 0 Å². The molecule has 0 nitrogen and oxygen atoms in total. The lowest BCUT2D eigenvalue weighted by molar-refractivity contribution is 1.50. The number of hydrogen-bond acceptors (Lipinski definition) is 0. The molecule has 0 bridgehead atoms. The number of hydrogen-bond donors (Lipinski definition) is 0. The van der Waals surface area contributed by atoms with Crippen molar-refractivity contribution in [2.24, 2.45) is 0 Å². The van der Waals surface area contributed by atoms with Gasteiger partial charge in [0.15, 0.2) is 0 Å². The summed E-state index contributed by atoms with van der Waals surface area (Å²) in [5.41, 5.74) is 2.11. The molecule has 1 aromatic rings. The number of rotatable bonds is 2. The van der Waals surface area contributed by atoms with Crippen molar-refractivity contribution in [3.63, 3.8) is 0 Å². The average Bonchev–Trinajstić information content (AvgIpc) is 2.22. The lowest BCUT2D eigenvalue weighted by atomic mass is 10.1. The molecule has 0 heterocycles. The van der Waals surface area contributed by atoms with E-state index in [9.17, 15) is 0 Å². The van der Waals surface area contributed by atoms with E-state index in [1.165, 1.54) is 0 Å². The molecule has 0 amide bonds. The van der Waals surface area contributed by atoms with Gasteiger partial charge in [0.05, 0.1) is 0 Å². The molecule has 0 N–H and O–H groups in total. The van der Waals surface area contributed by atoms with Crippen molar-refractivity contribution < 1.29 is 0 Å². The maximum atomic E-state index is 5.96. The molecule has 0 aliphatic rings. The second-order valence-electron chi connectivity index (χ2n) is 2.45. The minimum Gasteiger partial charge on any atom is -0.0984 e. The summed E-state index contributed by atoms with van der Waals surface area (Å²) in [6, 6.07) is 5.82. The van der Waals surface area contributed by atoms with Crippen molar-refractivity contribution in [1.82, 2.24) is 0 Å². The van der Waals surface area contributed by atoms with Crippen molar-refractivity contribution in [1.29, 1.82) is 0 Å². The predicted octanol–water partition coefficient (Wildman–Crippen LogP) is 5.04. The van der Waals surface area contributed by atoms with Gasteiger partial charge in [-0.05, 0) is 24.1 Å². The molecule has 1 rings (SSSR count). The van der Waals surface area contributed by atoms with Crippen molar-refractivity contribution >= 4 is 23.8 Å². The van der Waals surface area contributed by atoms with E-state index in [2.05, 4.69) is 6.58 Å². The Morgan fingerprint density at radius 2 is 1.93 bits per heavy atom. The molecule has 1 heteroatoms. The summed E-state index contributed by atoms with van der Waals surface area (Å²) in [5, 5.41) is 0.751. The molecule has 0 spiro atoms. The standard InChI is InChI=1S/C11H11Cl.C2H6/c1-3-6-9-7-5-8-11(12)10(9)4-2;1-2/h3-8H,2H2,1H3;1-2H3/b6-3-;. The number of halogens is 1.